The van der Waals surface area contributed by atoms with Crippen LogP contribution >= 0.6 is 0 Å². The summed E-state index contributed by atoms with van der Waals surface area (Å²) < 4.78 is 4.57. The van der Waals surface area contributed by atoms with E-state index >= 15 is 0 Å². The van der Waals surface area contributed by atoms with Crippen LogP contribution in [0.2, 0.25) is 0 Å². The number of pyridine rings is 1. The summed E-state index contributed by atoms with van der Waals surface area (Å²) in [6.45, 7) is 1.68. The first-order chi connectivity index (χ1) is 7.70. The molecule has 1 aromatic heterocycles. The first-order valence-corrected chi connectivity index (χ1v) is 4.54. The normalized spacial score (nSPS) is 11.6. The van der Waals surface area contributed by atoms with Crippen LogP contribution in [0.4, 0.5) is 0 Å². The first kappa shape index (κ1) is 11.8. The molecule has 1 rings (SSSR count). The van der Waals surface area contributed by atoms with Crippen LogP contribution in [0.3, 0.4) is 0 Å². The summed E-state index contributed by atoms with van der Waals surface area (Å²) in [5.41, 5.74) is -0.431. The predicted octanol–water partition coefficient (Wildman–Crippen LogP) is 1.64. The second-order valence-electron chi connectivity index (χ2n) is 2.75. The van der Waals surface area contributed by atoms with Crippen LogP contribution in [0, 0.1) is 4.91 Å². The zero-order chi connectivity index (χ0) is 12.0. The minimum absolute atomic E-state index is 0.0954. The van der Waals surface area contributed by atoms with Crippen LogP contribution in [0.25, 0.3) is 5.76 Å². The molecule has 84 valence electrons. The highest BCUT2D eigenvalue weighted by Gasteiger charge is 2.18. The molecule has 1 heterocycles. The monoisotopic (exact) mass is 222 g/mol. The van der Waals surface area contributed by atoms with E-state index in [9.17, 15) is 14.8 Å². The third kappa shape index (κ3) is 2.63. The molecule has 1 aromatic rings. The molecule has 0 aromatic carbocycles. The average molecular weight is 222 g/mol. The summed E-state index contributed by atoms with van der Waals surface area (Å²) in [7, 11) is 0. The lowest BCUT2D eigenvalue weighted by Gasteiger charge is -2.03. The number of carbonyl (C=O) groups excluding carboxylic acids is 1. The molecule has 0 radical (unpaired) electrons. The molecule has 0 saturated carbocycles. The maximum Gasteiger partial charge on any atom is 0.364 e. The zero-order valence-electron chi connectivity index (χ0n) is 8.58. The van der Waals surface area contributed by atoms with Gasteiger partial charge < -0.3 is 9.84 Å². The number of aliphatic hydroxyl groups excluding tert-OH is 1. The minimum Gasteiger partial charge on any atom is -0.505 e. The van der Waals surface area contributed by atoms with Gasteiger partial charge in [0.05, 0.1) is 6.61 Å². The maximum atomic E-state index is 11.2. The molecule has 0 amide bonds. The molecule has 0 aliphatic heterocycles. The number of nitrogens with zero attached hydrogens (tertiary/aromatic N) is 2. The number of carbonyl (C=O) groups is 1. The van der Waals surface area contributed by atoms with Crippen LogP contribution in [0.1, 0.15) is 12.5 Å². The Morgan fingerprint density at radius 1 is 1.62 bits per heavy atom. The highest BCUT2D eigenvalue weighted by molar-refractivity contribution is 5.95. The van der Waals surface area contributed by atoms with Gasteiger partial charge in [0.25, 0.3) is 0 Å². The largest absolute Gasteiger partial charge is 0.505 e. The molecular formula is C10H10N2O4. The van der Waals surface area contributed by atoms with Gasteiger partial charge >= 0.3 is 5.97 Å². The van der Waals surface area contributed by atoms with Crippen molar-refractivity contribution in [2.75, 3.05) is 6.61 Å². The molecule has 0 bridgehead atoms. The van der Waals surface area contributed by atoms with E-state index in [4.69, 9.17) is 0 Å². The van der Waals surface area contributed by atoms with E-state index in [-0.39, 0.29) is 12.2 Å². The zero-order valence-corrected chi connectivity index (χ0v) is 8.58. The van der Waals surface area contributed by atoms with Gasteiger partial charge in [0.15, 0.2) is 5.76 Å². The Labute approximate surface area is 91.6 Å². The lowest BCUT2D eigenvalue weighted by atomic mass is 10.2. The molecule has 16 heavy (non-hydrogen) atoms. The summed E-state index contributed by atoms with van der Waals surface area (Å²) in [5.74, 6) is -1.50. The van der Waals surface area contributed by atoms with Gasteiger partial charge in [-0.05, 0) is 24.2 Å². The first-order valence-electron chi connectivity index (χ1n) is 4.54. The topological polar surface area (TPSA) is 88.8 Å². The van der Waals surface area contributed by atoms with Crippen molar-refractivity contribution in [1.29, 1.82) is 0 Å². The van der Waals surface area contributed by atoms with Crippen molar-refractivity contribution in [2.45, 2.75) is 6.92 Å². The molecule has 6 nitrogen and oxygen atoms in total. The van der Waals surface area contributed by atoms with Crippen LogP contribution in [0.15, 0.2) is 35.4 Å². The molecule has 1 N–H and O–H groups in total. The van der Waals surface area contributed by atoms with Crippen molar-refractivity contribution < 1.29 is 14.6 Å². The Kier molecular flexibility index (Phi) is 4.14. The van der Waals surface area contributed by atoms with Gasteiger partial charge in [-0.2, -0.15) is 0 Å². The van der Waals surface area contributed by atoms with E-state index < -0.39 is 17.4 Å². The van der Waals surface area contributed by atoms with Gasteiger partial charge in [0.1, 0.15) is 0 Å². The van der Waals surface area contributed by atoms with E-state index in [1.165, 1.54) is 18.5 Å². The second-order valence-corrected chi connectivity index (χ2v) is 2.75. The van der Waals surface area contributed by atoms with E-state index in [0.29, 0.717) is 0 Å². The van der Waals surface area contributed by atoms with Crippen molar-refractivity contribution >= 4 is 11.7 Å². The lowest BCUT2D eigenvalue weighted by molar-refractivity contribution is -0.138. The van der Waals surface area contributed by atoms with E-state index in [2.05, 4.69) is 14.9 Å². The van der Waals surface area contributed by atoms with Crippen LogP contribution in [-0.2, 0) is 9.53 Å². The van der Waals surface area contributed by atoms with Gasteiger partial charge in [-0.1, -0.05) is 0 Å². The third-order valence-corrected chi connectivity index (χ3v) is 1.72. The summed E-state index contributed by atoms with van der Waals surface area (Å²) in [6.07, 6.45) is 2.80. The van der Waals surface area contributed by atoms with Crippen molar-refractivity contribution in [1.82, 2.24) is 4.98 Å². The van der Waals surface area contributed by atoms with Gasteiger partial charge in [-0.3, -0.25) is 4.98 Å². The molecule has 0 fully saturated rings. The Hall–Kier alpha value is -2.24. The van der Waals surface area contributed by atoms with Crippen molar-refractivity contribution in [2.24, 2.45) is 5.18 Å². The second kappa shape index (κ2) is 5.59. The number of nitroso groups, excluding NO2 is 1. The molecular weight excluding hydrogens is 212 g/mol. The van der Waals surface area contributed by atoms with Crippen molar-refractivity contribution in [3.63, 3.8) is 0 Å². The molecule has 0 atom stereocenters. The molecule has 6 heteroatoms. The standard InChI is InChI=1S/C10H10N2O4/c1-2-16-10(14)8(12-15)9(13)7-4-3-5-11-6-7/h3-6,13H,2H2,1H3. The lowest BCUT2D eigenvalue weighted by Crippen LogP contribution is -2.08. The van der Waals surface area contributed by atoms with Crippen LogP contribution in [-0.4, -0.2) is 22.7 Å². The number of ether oxygens (including phenoxy) is 1. The fraction of sp³-hybridized carbons (Fsp3) is 0.200. The number of aliphatic hydroxyl groups is 1. The van der Waals surface area contributed by atoms with Gasteiger partial charge in [0.2, 0.25) is 5.70 Å². The number of esters is 1. The fourth-order valence-corrected chi connectivity index (χ4v) is 1.02. The number of hydrogen-bond donors (Lipinski definition) is 1. The predicted molar refractivity (Wildman–Crippen MR) is 56.2 cm³/mol. The highest BCUT2D eigenvalue weighted by atomic mass is 16.5. The fourth-order valence-electron chi connectivity index (χ4n) is 1.02. The smallest absolute Gasteiger partial charge is 0.364 e. The number of rotatable bonds is 4. The molecule has 0 aliphatic rings. The quantitative estimate of drug-likeness (QED) is 0.362. The Morgan fingerprint density at radius 3 is 2.88 bits per heavy atom. The Bertz CT molecular complexity index is 414. The van der Waals surface area contributed by atoms with E-state index in [1.807, 2.05) is 0 Å². The maximum absolute atomic E-state index is 11.2. The third-order valence-electron chi connectivity index (χ3n) is 1.72. The molecule has 0 aliphatic carbocycles. The molecule has 0 spiro atoms. The van der Waals surface area contributed by atoms with Crippen molar-refractivity contribution in [3.05, 3.63) is 40.7 Å². The molecule has 0 unspecified atom stereocenters. The summed E-state index contributed by atoms with van der Waals surface area (Å²) >= 11 is 0. The SMILES string of the molecule is CCOC(=O)C(N=O)=C(O)c1cccnc1. The minimum atomic E-state index is -0.959. The van der Waals surface area contributed by atoms with E-state index in [1.54, 1.807) is 13.0 Å². The summed E-state index contributed by atoms with van der Waals surface area (Å²) in [4.78, 5) is 25.4. The summed E-state index contributed by atoms with van der Waals surface area (Å²) in [6, 6.07) is 3.05. The van der Waals surface area contributed by atoms with Crippen LogP contribution < -0.4 is 0 Å². The Morgan fingerprint density at radius 2 is 2.38 bits per heavy atom. The number of hydrogen-bond acceptors (Lipinski definition) is 6. The van der Waals surface area contributed by atoms with Crippen LogP contribution in [0.5, 0.6) is 0 Å². The van der Waals surface area contributed by atoms with Gasteiger partial charge in [-0.15, -0.1) is 4.91 Å². The molecule has 0 saturated heterocycles. The summed E-state index contributed by atoms with van der Waals surface area (Å²) in [5, 5.41) is 12.1. The average Bonchev–Trinajstić information content (AvgIpc) is 2.31. The highest BCUT2D eigenvalue weighted by Crippen LogP contribution is 2.16. The van der Waals surface area contributed by atoms with Gasteiger partial charge in [0, 0.05) is 18.0 Å². The van der Waals surface area contributed by atoms with Crippen molar-refractivity contribution in [3.8, 4) is 0 Å². The Balaban J connectivity index is 3.09. The number of aromatic nitrogens is 1. The van der Waals surface area contributed by atoms with Gasteiger partial charge in [-0.25, -0.2) is 4.79 Å². The van der Waals surface area contributed by atoms with E-state index in [0.717, 1.165) is 0 Å².